The molecule has 19 heavy (non-hydrogen) atoms. The Balaban J connectivity index is 2.74. The van der Waals surface area contributed by atoms with Crippen molar-refractivity contribution in [3.8, 4) is 0 Å². The predicted molar refractivity (Wildman–Crippen MR) is 75.6 cm³/mol. The molecule has 1 rings (SSSR count). The molecular formula is C13H20N2O3S. The standard InChI is InChI=1S/C13H20N2O3S/c1-10-6-7-12(11(14)9-10)19(17,18)8-4-5-13(16)15(2)3/h6-7,9H,4-5,8,14H2,1-3H3. The van der Waals surface area contributed by atoms with Crippen LogP contribution >= 0.6 is 0 Å². The molecule has 0 saturated carbocycles. The van der Waals surface area contributed by atoms with Gasteiger partial charge in [0.05, 0.1) is 16.3 Å². The summed E-state index contributed by atoms with van der Waals surface area (Å²) < 4.78 is 24.2. The number of hydrogen-bond donors (Lipinski definition) is 1. The highest BCUT2D eigenvalue weighted by molar-refractivity contribution is 7.91. The van der Waals surface area contributed by atoms with E-state index in [-0.39, 0.29) is 28.7 Å². The molecule has 106 valence electrons. The van der Waals surface area contributed by atoms with Crippen LogP contribution in [0.15, 0.2) is 23.1 Å². The zero-order valence-corrected chi connectivity index (χ0v) is 12.3. The normalized spacial score (nSPS) is 11.3. The van der Waals surface area contributed by atoms with Crippen LogP contribution in [0.25, 0.3) is 0 Å². The van der Waals surface area contributed by atoms with Crippen molar-refractivity contribution in [3.05, 3.63) is 23.8 Å². The number of anilines is 1. The topological polar surface area (TPSA) is 80.5 Å². The Bertz CT molecular complexity index is 565. The predicted octanol–water partition coefficient (Wildman–Crippen LogP) is 1.22. The second-order valence-corrected chi connectivity index (χ2v) is 6.83. The summed E-state index contributed by atoms with van der Waals surface area (Å²) in [6.07, 6.45) is 0.519. The smallest absolute Gasteiger partial charge is 0.222 e. The van der Waals surface area contributed by atoms with Gasteiger partial charge in [0.25, 0.3) is 0 Å². The van der Waals surface area contributed by atoms with Gasteiger partial charge in [0.15, 0.2) is 9.84 Å². The summed E-state index contributed by atoms with van der Waals surface area (Å²) in [6.45, 7) is 1.85. The molecule has 0 aliphatic carbocycles. The van der Waals surface area contributed by atoms with E-state index in [0.717, 1.165) is 5.56 Å². The van der Waals surface area contributed by atoms with E-state index in [4.69, 9.17) is 5.73 Å². The van der Waals surface area contributed by atoms with Crippen molar-refractivity contribution in [3.63, 3.8) is 0 Å². The molecule has 0 radical (unpaired) electrons. The molecule has 6 heteroatoms. The fraction of sp³-hybridized carbons (Fsp3) is 0.462. The highest BCUT2D eigenvalue weighted by Crippen LogP contribution is 2.21. The third-order valence-corrected chi connectivity index (χ3v) is 4.67. The van der Waals surface area contributed by atoms with E-state index in [2.05, 4.69) is 0 Å². The Morgan fingerprint density at radius 2 is 1.95 bits per heavy atom. The largest absolute Gasteiger partial charge is 0.398 e. The lowest BCUT2D eigenvalue weighted by atomic mass is 10.2. The summed E-state index contributed by atoms with van der Waals surface area (Å²) in [7, 11) is -0.130. The lowest BCUT2D eigenvalue weighted by Gasteiger charge is -2.11. The lowest BCUT2D eigenvalue weighted by Crippen LogP contribution is -2.22. The molecule has 1 amide bonds. The number of benzene rings is 1. The number of rotatable bonds is 5. The molecule has 0 fully saturated rings. The zero-order valence-electron chi connectivity index (χ0n) is 11.5. The van der Waals surface area contributed by atoms with Gasteiger partial charge in [-0.2, -0.15) is 0 Å². The van der Waals surface area contributed by atoms with Gasteiger partial charge in [-0.1, -0.05) is 6.07 Å². The van der Waals surface area contributed by atoms with Gasteiger partial charge in [-0.25, -0.2) is 8.42 Å². The Hall–Kier alpha value is -1.56. The van der Waals surface area contributed by atoms with Crippen molar-refractivity contribution in [2.75, 3.05) is 25.6 Å². The van der Waals surface area contributed by atoms with E-state index in [9.17, 15) is 13.2 Å². The van der Waals surface area contributed by atoms with E-state index >= 15 is 0 Å². The number of sulfone groups is 1. The van der Waals surface area contributed by atoms with Crippen molar-refractivity contribution >= 4 is 21.4 Å². The van der Waals surface area contributed by atoms with Crippen LogP contribution < -0.4 is 5.73 Å². The van der Waals surface area contributed by atoms with Crippen LogP contribution in [0, 0.1) is 6.92 Å². The molecule has 0 bridgehead atoms. The summed E-state index contributed by atoms with van der Waals surface area (Å²) in [6, 6.07) is 4.87. The maximum absolute atomic E-state index is 12.1. The fourth-order valence-corrected chi connectivity index (χ4v) is 3.14. The number of hydrogen-bond acceptors (Lipinski definition) is 4. The van der Waals surface area contributed by atoms with Gasteiger partial charge in [-0.3, -0.25) is 4.79 Å². The van der Waals surface area contributed by atoms with Gasteiger partial charge in [-0.15, -0.1) is 0 Å². The number of amides is 1. The number of nitrogens with zero attached hydrogens (tertiary/aromatic N) is 1. The summed E-state index contributed by atoms with van der Waals surface area (Å²) >= 11 is 0. The molecule has 0 heterocycles. The number of carbonyl (C=O) groups excluding carboxylic acids is 1. The first-order chi connectivity index (χ1) is 8.74. The maximum atomic E-state index is 12.1. The molecule has 0 atom stereocenters. The Morgan fingerprint density at radius 3 is 2.47 bits per heavy atom. The van der Waals surface area contributed by atoms with E-state index in [1.54, 1.807) is 26.2 Å². The molecule has 0 aliphatic rings. The Kier molecular flexibility index (Phi) is 4.94. The summed E-state index contributed by atoms with van der Waals surface area (Å²) in [4.78, 5) is 13.0. The second kappa shape index (κ2) is 6.06. The molecule has 1 aromatic carbocycles. The average Bonchev–Trinajstić information content (AvgIpc) is 2.27. The van der Waals surface area contributed by atoms with E-state index < -0.39 is 9.84 Å². The number of carbonyl (C=O) groups is 1. The monoisotopic (exact) mass is 284 g/mol. The van der Waals surface area contributed by atoms with Crippen molar-refractivity contribution in [2.24, 2.45) is 0 Å². The van der Waals surface area contributed by atoms with Gasteiger partial charge < -0.3 is 10.6 Å². The Labute approximate surface area is 114 Å². The fourth-order valence-electron chi connectivity index (χ4n) is 1.70. The van der Waals surface area contributed by atoms with Crippen molar-refractivity contribution in [1.82, 2.24) is 4.90 Å². The molecule has 1 aromatic rings. The molecule has 0 spiro atoms. The molecule has 2 N–H and O–H groups in total. The van der Waals surface area contributed by atoms with Crippen molar-refractivity contribution < 1.29 is 13.2 Å². The van der Waals surface area contributed by atoms with Crippen LogP contribution in [0.4, 0.5) is 5.69 Å². The van der Waals surface area contributed by atoms with Crippen LogP contribution in [-0.4, -0.2) is 39.1 Å². The van der Waals surface area contributed by atoms with Crippen molar-refractivity contribution in [2.45, 2.75) is 24.7 Å². The number of nitrogens with two attached hydrogens (primary N) is 1. The summed E-state index contributed by atoms with van der Waals surface area (Å²) in [5, 5.41) is 0. The quantitative estimate of drug-likeness (QED) is 0.824. The summed E-state index contributed by atoms with van der Waals surface area (Å²) in [5.41, 5.74) is 6.91. The third-order valence-electron chi connectivity index (χ3n) is 2.80. The third kappa shape index (κ3) is 4.24. The first kappa shape index (κ1) is 15.5. The van der Waals surface area contributed by atoms with Crippen LogP contribution in [-0.2, 0) is 14.6 Å². The van der Waals surface area contributed by atoms with Crippen LogP contribution in [0.3, 0.4) is 0 Å². The van der Waals surface area contributed by atoms with Gasteiger partial charge >= 0.3 is 0 Å². The zero-order chi connectivity index (χ0) is 14.6. The van der Waals surface area contributed by atoms with Gasteiger partial charge in [0.1, 0.15) is 0 Å². The van der Waals surface area contributed by atoms with Crippen LogP contribution in [0.1, 0.15) is 18.4 Å². The molecule has 5 nitrogen and oxygen atoms in total. The van der Waals surface area contributed by atoms with Crippen LogP contribution in [0.5, 0.6) is 0 Å². The van der Waals surface area contributed by atoms with E-state index in [0.29, 0.717) is 6.42 Å². The minimum absolute atomic E-state index is 0.0696. The summed E-state index contributed by atoms with van der Waals surface area (Å²) in [5.74, 6) is -0.146. The SMILES string of the molecule is Cc1ccc(S(=O)(=O)CCCC(=O)N(C)C)c(N)c1. The molecule has 0 saturated heterocycles. The maximum Gasteiger partial charge on any atom is 0.222 e. The molecule has 0 unspecified atom stereocenters. The number of aryl methyl sites for hydroxylation is 1. The average molecular weight is 284 g/mol. The van der Waals surface area contributed by atoms with Crippen LogP contribution in [0.2, 0.25) is 0 Å². The van der Waals surface area contributed by atoms with E-state index in [1.165, 1.54) is 11.0 Å². The Morgan fingerprint density at radius 1 is 1.32 bits per heavy atom. The highest BCUT2D eigenvalue weighted by atomic mass is 32.2. The minimum atomic E-state index is -3.42. The molecular weight excluding hydrogens is 264 g/mol. The van der Waals surface area contributed by atoms with Gasteiger partial charge in [-0.05, 0) is 31.0 Å². The first-order valence-electron chi connectivity index (χ1n) is 6.03. The van der Waals surface area contributed by atoms with Crippen molar-refractivity contribution in [1.29, 1.82) is 0 Å². The first-order valence-corrected chi connectivity index (χ1v) is 7.68. The van der Waals surface area contributed by atoms with Gasteiger partial charge in [0.2, 0.25) is 5.91 Å². The second-order valence-electron chi connectivity index (χ2n) is 4.75. The molecule has 0 aromatic heterocycles. The number of nitrogen functional groups attached to an aromatic ring is 1. The van der Waals surface area contributed by atoms with Gasteiger partial charge in [0, 0.05) is 20.5 Å². The highest BCUT2D eigenvalue weighted by Gasteiger charge is 2.18. The lowest BCUT2D eigenvalue weighted by molar-refractivity contribution is -0.128. The molecule has 0 aliphatic heterocycles. The van der Waals surface area contributed by atoms with E-state index in [1.807, 2.05) is 6.92 Å². The minimum Gasteiger partial charge on any atom is -0.398 e.